The van der Waals surface area contributed by atoms with Crippen molar-refractivity contribution in [3.05, 3.63) is 28.8 Å². The molecule has 1 aromatic carbocycles. The SMILES string of the molecule is COc1c(C(C)(C)C)ccc(C)c1C1(CC(=O)O)CC1. The zero-order chi connectivity index (χ0) is 15.1. The number of methoxy groups -OCH3 is 1. The second-order valence-corrected chi connectivity index (χ2v) is 6.94. The summed E-state index contributed by atoms with van der Waals surface area (Å²) in [5, 5.41) is 9.19. The molecule has 0 atom stereocenters. The molecule has 1 N–H and O–H groups in total. The average Bonchev–Trinajstić information content (AvgIpc) is 3.06. The molecule has 0 bridgehead atoms. The molecule has 1 aliphatic carbocycles. The zero-order valence-corrected chi connectivity index (χ0v) is 13.0. The first-order chi connectivity index (χ1) is 9.21. The molecule has 1 aliphatic rings. The minimum atomic E-state index is -0.731. The van der Waals surface area contributed by atoms with Crippen LogP contribution >= 0.6 is 0 Å². The van der Waals surface area contributed by atoms with E-state index in [-0.39, 0.29) is 17.3 Å². The Hall–Kier alpha value is -1.51. The summed E-state index contributed by atoms with van der Waals surface area (Å²) in [6.07, 6.45) is 2.06. The molecule has 0 aliphatic heterocycles. The van der Waals surface area contributed by atoms with Gasteiger partial charge in [-0.3, -0.25) is 4.79 Å². The quantitative estimate of drug-likeness (QED) is 0.909. The Bertz CT molecular complexity index is 534. The van der Waals surface area contributed by atoms with Crippen molar-refractivity contribution in [1.29, 1.82) is 0 Å². The number of hydrogen-bond acceptors (Lipinski definition) is 2. The van der Waals surface area contributed by atoms with E-state index in [4.69, 9.17) is 4.74 Å². The molecule has 3 nitrogen and oxygen atoms in total. The Morgan fingerprint density at radius 1 is 1.35 bits per heavy atom. The molecule has 110 valence electrons. The third-order valence-corrected chi connectivity index (χ3v) is 4.25. The van der Waals surface area contributed by atoms with Crippen molar-refractivity contribution in [1.82, 2.24) is 0 Å². The highest BCUT2D eigenvalue weighted by Crippen LogP contribution is 2.56. The van der Waals surface area contributed by atoms with E-state index in [2.05, 4.69) is 32.9 Å². The number of hydrogen-bond donors (Lipinski definition) is 1. The van der Waals surface area contributed by atoms with Crippen molar-refractivity contribution in [2.45, 2.75) is 57.8 Å². The molecule has 2 rings (SSSR count). The van der Waals surface area contributed by atoms with Crippen molar-refractivity contribution in [2.75, 3.05) is 7.11 Å². The number of aryl methyl sites for hydroxylation is 1. The molecule has 0 unspecified atom stereocenters. The van der Waals surface area contributed by atoms with Gasteiger partial charge in [0, 0.05) is 11.0 Å². The van der Waals surface area contributed by atoms with Crippen LogP contribution in [0.2, 0.25) is 0 Å². The van der Waals surface area contributed by atoms with Gasteiger partial charge in [0.2, 0.25) is 0 Å². The fourth-order valence-electron chi connectivity index (χ4n) is 3.10. The van der Waals surface area contributed by atoms with Crippen LogP contribution in [0.25, 0.3) is 0 Å². The van der Waals surface area contributed by atoms with Crippen LogP contribution in [0.15, 0.2) is 12.1 Å². The molecule has 1 fully saturated rings. The van der Waals surface area contributed by atoms with Gasteiger partial charge in [0.15, 0.2) is 0 Å². The van der Waals surface area contributed by atoms with Crippen molar-refractivity contribution in [2.24, 2.45) is 0 Å². The van der Waals surface area contributed by atoms with Gasteiger partial charge in [0.1, 0.15) is 5.75 Å². The number of aliphatic carboxylic acids is 1. The van der Waals surface area contributed by atoms with Gasteiger partial charge in [-0.05, 0) is 36.3 Å². The number of rotatable bonds is 4. The molecule has 1 aromatic rings. The molecular weight excluding hydrogens is 252 g/mol. The molecule has 0 heterocycles. The lowest BCUT2D eigenvalue weighted by atomic mass is 9.80. The second kappa shape index (κ2) is 4.80. The Morgan fingerprint density at radius 3 is 2.35 bits per heavy atom. The summed E-state index contributed by atoms with van der Waals surface area (Å²) < 4.78 is 5.70. The Balaban J connectivity index is 2.61. The number of benzene rings is 1. The van der Waals surface area contributed by atoms with Crippen LogP contribution in [0.5, 0.6) is 5.75 Å². The third-order valence-electron chi connectivity index (χ3n) is 4.25. The molecule has 1 saturated carbocycles. The van der Waals surface area contributed by atoms with Crippen LogP contribution in [0.4, 0.5) is 0 Å². The first-order valence-electron chi connectivity index (χ1n) is 7.12. The number of ether oxygens (including phenoxy) is 1. The number of carboxylic acid groups (broad SMARTS) is 1. The standard InChI is InChI=1S/C17H24O3/c1-11-6-7-12(16(2,3)4)15(20-5)14(11)17(8-9-17)10-13(18)19/h6-7H,8-10H2,1-5H3,(H,18,19). The number of carbonyl (C=O) groups is 1. The van der Waals surface area contributed by atoms with Gasteiger partial charge in [-0.1, -0.05) is 32.9 Å². The van der Waals surface area contributed by atoms with Crippen LogP contribution in [-0.4, -0.2) is 18.2 Å². The monoisotopic (exact) mass is 276 g/mol. The van der Waals surface area contributed by atoms with Crippen LogP contribution in [-0.2, 0) is 15.6 Å². The maximum Gasteiger partial charge on any atom is 0.304 e. The van der Waals surface area contributed by atoms with E-state index in [1.807, 2.05) is 6.92 Å². The normalized spacial score (nSPS) is 16.9. The average molecular weight is 276 g/mol. The van der Waals surface area contributed by atoms with Crippen LogP contribution in [0.3, 0.4) is 0 Å². The molecule has 3 heteroatoms. The predicted octanol–water partition coefficient (Wildman–Crippen LogP) is 3.81. The van der Waals surface area contributed by atoms with Crippen LogP contribution < -0.4 is 4.74 Å². The smallest absolute Gasteiger partial charge is 0.304 e. The maximum absolute atomic E-state index is 11.2. The molecule has 20 heavy (non-hydrogen) atoms. The van der Waals surface area contributed by atoms with Gasteiger partial charge in [-0.25, -0.2) is 0 Å². The highest BCUT2D eigenvalue weighted by molar-refractivity contribution is 5.71. The summed E-state index contributed by atoms with van der Waals surface area (Å²) in [7, 11) is 1.68. The topological polar surface area (TPSA) is 46.5 Å². The van der Waals surface area contributed by atoms with Gasteiger partial charge in [0.05, 0.1) is 13.5 Å². The lowest BCUT2D eigenvalue weighted by Gasteiger charge is -2.28. The molecular formula is C17H24O3. The molecule has 0 radical (unpaired) electrons. The van der Waals surface area contributed by atoms with E-state index >= 15 is 0 Å². The minimum Gasteiger partial charge on any atom is -0.496 e. The fourth-order valence-corrected chi connectivity index (χ4v) is 3.10. The summed E-state index contributed by atoms with van der Waals surface area (Å²) in [5.41, 5.74) is 3.15. The third kappa shape index (κ3) is 2.54. The van der Waals surface area contributed by atoms with Crippen molar-refractivity contribution < 1.29 is 14.6 Å². The zero-order valence-electron chi connectivity index (χ0n) is 13.0. The lowest BCUT2D eigenvalue weighted by Crippen LogP contribution is -2.20. The molecule has 0 saturated heterocycles. The van der Waals surface area contributed by atoms with Crippen LogP contribution in [0, 0.1) is 6.92 Å². The van der Waals surface area contributed by atoms with Gasteiger partial charge < -0.3 is 9.84 Å². The Kier molecular flexibility index (Phi) is 3.57. The van der Waals surface area contributed by atoms with E-state index in [9.17, 15) is 9.90 Å². The Labute approximate surface area is 121 Å². The first kappa shape index (κ1) is 14.9. The molecule has 0 spiro atoms. The minimum absolute atomic E-state index is 0.0207. The summed E-state index contributed by atoms with van der Waals surface area (Å²) in [6.45, 7) is 8.51. The first-order valence-corrected chi connectivity index (χ1v) is 7.12. The van der Waals surface area contributed by atoms with Gasteiger partial charge in [-0.2, -0.15) is 0 Å². The van der Waals surface area contributed by atoms with E-state index in [0.717, 1.165) is 35.3 Å². The fraction of sp³-hybridized carbons (Fsp3) is 0.588. The summed E-state index contributed by atoms with van der Waals surface area (Å²) >= 11 is 0. The maximum atomic E-state index is 11.2. The predicted molar refractivity (Wildman–Crippen MR) is 79.6 cm³/mol. The van der Waals surface area contributed by atoms with Crippen LogP contribution in [0.1, 0.15) is 56.7 Å². The largest absolute Gasteiger partial charge is 0.496 e. The highest BCUT2D eigenvalue weighted by Gasteiger charge is 2.49. The summed E-state index contributed by atoms with van der Waals surface area (Å²) in [6, 6.07) is 4.20. The van der Waals surface area contributed by atoms with E-state index in [1.165, 1.54) is 0 Å². The van der Waals surface area contributed by atoms with Gasteiger partial charge >= 0.3 is 5.97 Å². The number of carboxylic acids is 1. The van der Waals surface area contributed by atoms with Gasteiger partial charge in [0.25, 0.3) is 0 Å². The molecule has 0 amide bonds. The van der Waals surface area contributed by atoms with E-state index in [0.29, 0.717) is 0 Å². The summed E-state index contributed by atoms with van der Waals surface area (Å²) in [4.78, 5) is 11.2. The van der Waals surface area contributed by atoms with Crippen molar-refractivity contribution in [3.8, 4) is 5.75 Å². The highest BCUT2D eigenvalue weighted by atomic mass is 16.5. The molecule has 0 aromatic heterocycles. The van der Waals surface area contributed by atoms with Crippen molar-refractivity contribution in [3.63, 3.8) is 0 Å². The van der Waals surface area contributed by atoms with E-state index in [1.54, 1.807) is 7.11 Å². The van der Waals surface area contributed by atoms with E-state index < -0.39 is 5.97 Å². The van der Waals surface area contributed by atoms with Gasteiger partial charge in [-0.15, -0.1) is 0 Å². The second-order valence-electron chi connectivity index (χ2n) is 6.94. The Morgan fingerprint density at radius 2 is 1.95 bits per heavy atom. The lowest BCUT2D eigenvalue weighted by molar-refractivity contribution is -0.137. The van der Waals surface area contributed by atoms with Crippen molar-refractivity contribution >= 4 is 5.97 Å². The summed E-state index contributed by atoms with van der Waals surface area (Å²) in [5.74, 6) is 0.154.